The van der Waals surface area contributed by atoms with Gasteiger partial charge in [0.2, 0.25) is 5.88 Å². The molecule has 0 amide bonds. The molecule has 0 aliphatic heterocycles. The summed E-state index contributed by atoms with van der Waals surface area (Å²) in [7, 11) is -1.98. The molecule has 0 N–H and O–H groups in total. The molecule has 16 heavy (non-hydrogen) atoms. The van der Waals surface area contributed by atoms with Gasteiger partial charge in [-0.15, -0.1) is 0 Å². The number of carbonyl (C=O) groups is 1. The van der Waals surface area contributed by atoms with Crippen molar-refractivity contribution in [3.63, 3.8) is 0 Å². The van der Waals surface area contributed by atoms with Crippen LogP contribution in [0.2, 0.25) is 26.2 Å². The van der Waals surface area contributed by atoms with Crippen LogP contribution in [0, 0.1) is 0 Å². The first-order valence-corrected chi connectivity index (χ1v) is 9.77. The summed E-state index contributed by atoms with van der Waals surface area (Å²) in [5.41, 5.74) is 0.417. The van der Waals surface area contributed by atoms with Gasteiger partial charge in [0.05, 0.1) is 0 Å². The van der Waals surface area contributed by atoms with Crippen molar-refractivity contribution in [1.29, 1.82) is 0 Å². The van der Waals surface area contributed by atoms with Gasteiger partial charge >= 0.3 is 5.97 Å². The summed E-state index contributed by atoms with van der Waals surface area (Å²) in [6.45, 7) is 7.80. The van der Waals surface area contributed by atoms with Gasteiger partial charge in [0.25, 0.3) is 18.1 Å². The zero-order chi connectivity index (χ0) is 12.1. The second-order valence-electron chi connectivity index (χ2n) is 3.66. The zero-order valence-electron chi connectivity index (χ0n) is 9.90. The third-order valence-corrected chi connectivity index (χ3v) is 2.78. The van der Waals surface area contributed by atoms with E-state index >= 15 is 0 Å². The maximum absolute atomic E-state index is 11.8. The minimum atomic E-state index is -1.05. The molecule has 0 bridgehead atoms. The standard InChI is InChI=1S/C10H15NO3Si2/c1-15(2)13-9-8(6-5-7-11-9)10(12)14-16(3)4/h5-7H,1-4H3. The zero-order valence-corrected chi connectivity index (χ0v) is 11.9. The van der Waals surface area contributed by atoms with E-state index in [0.717, 1.165) is 0 Å². The van der Waals surface area contributed by atoms with Gasteiger partial charge in [-0.05, 0) is 38.3 Å². The van der Waals surface area contributed by atoms with Crippen LogP contribution in [0.15, 0.2) is 18.3 Å². The molecule has 1 aromatic heterocycles. The molecule has 86 valence electrons. The van der Waals surface area contributed by atoms with Crippen molar-refractivity contribution in [3.8, 4) is 5.88 Å². The summed E-state index contributed by atoms with van der Waals surface area (Å²) < 4.78 is 10.8. The van der Waals surface area contributed by atoms with E-state index in [9.17, 15) is 4.79 Å². The molecule has 4 nitrogen and oxygen atoms in total. The minimum absolute atomic E-state index is 0.342. The summed E-state index contributed by atoms with van der Waals surface area (Å²) >= 11 is 0. The van der Waals surface area contributed by atoms with Crippen molar-refractivity contribution >= 4 is 24.0 Å². The van der Waals surface area contributed by atoms with E-state index in [1.54, 1.807) is 18.3 Å². The Balaban J connectivity index is 2.89. The Hall–Kier alpha value is -1.15. The van der Waals surface area contributed by atoms with Crippen molar-refractivity contribution in [2.75, 3.05) is 0 Å². The summed E-state index contributed by atoms with van der Waals surface area (Å²) in [6.07, 6.45) is 1.61. The quantitative estimate of drug-likeness (QED) is 0.771. The van der Waals surface area contributed by atoms with Crippen molar-refractivity contribution < 1.29 is 13.6 Å². The van der Waals surface area contributed by atoms with Gasteiger partial charge in [-0.2, -0.15) is 0 Å². The summed E-state index contributed by atoms with van der Waals surface area (Å²) in [6, 6.07) is 3.39. The Bertz CT molecular complexity index is 369. The average molecular weight is 253 g/mol. The predicted octanol–water partition coefficient (Wildman–Crippen LogP) is 2.12. The summed E-state index contributed by atoms with van der Waals surface area (Å²) in [5.74, 6) is 0.0416. The van der Waals surface area contributed by atoms with Crippen molar-refractivity contribution in [1.82, 2.24) is 4.98 Å². The van der Waals surface area contributed by atoms with Gasteiger partial charge in [0.1, 0.15) is 5.56 Å². The van der Waals surface area contributed by atoms with E-state index in [2.05, 4.69) is 4.98 Å². The number of nitrogens with zero attached hydrogens (tertiary/aromatic N) is 1. The first-order chi connectivity index (χ1) is 7.50. The van der Waals surface area contributed by atoms with E-state index < -0.39 is 18.1 Å². The maximum atomic E-state index is 11.8. The third-order valence-electron chi connectivity index (χ3n) is 1.59. The molecule has 2 radical (unpaired) electrons. The minimum Gasteiger partial charge on any atom is -0.529 e. The number of pyridine rings is 1. The highest BCUT2D eigenvalue weighted by atomic mass is 28.3. The molecule has 0 aliphatic carbocycles. The number of hydrogen-bond acceptors (Lipinski definition) is 4. The second kappa shape index (κ2) is 5.81. The molecule has 0 spiro atoms. The Kier molecular flexibility index (Phi) is 4.69. The van der Waals surface area contributed by atoms with Crippen LogP contribution in [-0.4, -0.2) is 29.0 Å². The average Bonchev–Trinajstić information content (AvgIpc) is 2.16. The Morgan fingerprint density at radius 1 is 1.25 bits per heavy atom. The largest absolute Gasteiger partial charge is 0.529 e. The molecule has 0 aromatic carbocycles. The van der Waals surface area contributed by atoms with Gasteiger partial charge < -0.3 is 8.85 Å². The van der Waals surface area contributed by atoms with E-state index in [-0.39, 0.29) is 5.97 Å². The van der Waals surface area contributed by atoms with Crippen molar-refractivity contribution in [3.05, 3.63) is 23.9 Å². The molecule has 0 aliphatic rings. The highest BCUT2D eigenvalue weighted by molar-refractivity contribution is 6.51. The smallest absolute Gasteiger partial charge is 0.330 e. The molecule has 0 fully saturated rings. The van der Waals surface area contributed by atoms with Crippen molar-refractivity contribution in [2.24, 2.45) is 0 Å². The first kappa shape index (κ1) is 12.9. The molecule has 1 aromatic rings. The summed E-state index contributed by atoms with van der Waals surface area (Å²) in [4.78, 5) is 15.8. The molecule has 0 saturated heterocycles. The van der Waals surface area contributed by atoms with Crippen LogP contribution in [0.5, 0.6) is 5.88 Å². The molecule has 1 rings (SSSR count). The van der Waals surface area contributed by atoms with Crippen LogP contribution in [0.1, 0.15) is 10.4 Å². The van der Waals surface area contributed by atoms with Gasteiger partial charge in [0.15, 0.2) is 0 Å². The highest BCUT2D eigenvalue weighted by Gasteiger charge is 2.17. The van der Waals surface area contributed by atoms with E-state index in [0.29, 0.717) is 11.4 Å². The molecule has 0 atom stereocenters. The fourth-order valence-electron chi connectivity index (χ4n) is 1.06. The van der Waals surface area contributed by atoms with Crippen LogP contribution in [-0.2, 0) is 4.43 Å². The van der Waals surface area contributed by atoms with Gasteiger partial charge in [0, 0.05) is 6.20 Å². The maximum Gasteiger partial charge on any atom is 0.330 e. The third kappa shape index (κ3) is 3.78. The van der Waals surface area contributed by atoms with Gasteiger partial charge in [-0.1, -0.05) is 0 Å². The number of hydrogen-bond donors (Lipinski definition) is 0. The van der Waals surface area contributed by atoms with E-state index in [4.69, 9.17) is 8.85 Å². The fraction of sp³-hybridized carbons (Fsp3) is 0.400. The number of aromatic nitrogens is 1. The lowest BCUT2D eigenvalue weighted by molar-refractivity contribution is 0.0732. The highest BCUT2D eigenvalue weighted by Crippen LogP contribution is 2.16. The lowest BCUT2D eigenvalue weighted by Crippen LogP contribution is -2.19. The Labute approximate surface area is 99.1 Å². The monoisotopic (exact) mass is 253 g/mol. The van der Waals surface area contributed by atoms with Crippen LogP contribution in [0.3, 0.4) is 0 Å². The number of carbonyl (C=O) groups excluding carboxylic acids is 1. The topological polar surface area (TPSA) is 48.4 Å². The molecule has 0 unspecified atom stereocenters. The lowest BCUT2D eigenvalue weighted by atomic mass is 10.3. The molecular formula is C10H15NO3Si2. The van der Waals surface area contributed by atoms with Crippen LogP contribution >= 0.6 is 0 Å². The first-order valence-electron chi connectivity index (χ1n) is 4.96. The van der Waals surface area contributed by atoms with Crippen molar-refractivity contribution in [2.45, 2.75) is 26.2 Å². The van der Waals surface area contributed by atoms with Crippen LogP contribution in [0.4, 0.5) is 0 Å². The molecular weight excluding hydrogens is 238 g/mol. The van der Waals surface area contributed by atoms with E-state index in [1.165, 1.54) is 0 Å². The fourth-order valence-corrected chi connectivity index (χ4v) is 2.09. The van der Waals surface area contributed by atoms with E-state index in [1.807, 2.05) is 26.2 Å². The molecule has 6 heteroatoms. The Morgan fingerprint density at radius 3 is 2.50 bits per heavy atom. The second-order valence-corrected chi connectivity index (χ2v) is 7.71. The Morgan fingerprint density at radius 2 is 1.94 bits per heavy atom. The molecule has 1 heterocycles. The van der Waals surface area contributed by atoms with Gasteiger partial charge in [-0.3, -0.25) is 0 Å². The summed E-state index contributed by atoms with van der Waals surface area (Å²) in [5, 5.41) is 0. The molecule has 0 saturated carbocycles. The van der Waals surface area contributed by atoms with Gasteiger partial charge in [-0.25, -0.2) is 9.78 Å². The number of rotatable bonds is 4. The normalized spacial score (nSPS) is 10.6. The SMILES string of the molecule is C[Si](C)OC(=O)c1cccnc1O[Si](C)C. The predicted molar refractivity (Wildman–Crippen MR) is 65.2 cm³/mol. The lowest BCUT2D eigenvalue weighted by Gasteiger charge is -2.12. The van der Waals surface area contributed by atoms with Crippen LogP contribution < -0.4 is 4.43 Å². The van der Waals surface area contributed by atoms with Crippen LogP contribution in [0.25, 0.3) is 0 Å².